The van der Waals surface area contributed by atoms with Gasteiger partial charge in [0.2, 0.25) is 0 Å². The lowest BCUT2D eigenvalue weighted by molar-refractivity contribution is 0.0527. The van der Waals surface area contributed by atoms with Gasteiger partial charge in [-0.15, -0.1) is 0 Å². The Labute approximate surface area is 127 Å². The van der Waals surface area contributed by atoms with Gasteiger partial charge in [0.25, 0.3) is 5.56 Å². The topological polar surface area (TPSA) is 96.2 Å². The highest BCUT2D eigenvalue weighted by Crippen LogP contribution is 2.35. The molecule has 0 amide bonds. The van der Waals surface area contributed by atoms with E-state index >= 15 is 0 Å². The highest BCUT2D eigenvalue weighted by Gasteiger charge is 2.40. The highest BCUT2D eigenvalue weighted by atomic mass is 16.5. The van der Waals surface area contributed by atoms with Crippen molar-refractivity contribution < 1.29 is 9.53 Å². The number of carbonyl (C=O) groups is 1. The quantitative estimate of drug-likeness (QED) is 0.804. The first-order valence-electron chi connectivity index (χ1n) is 7.54. The first kappa shape index (κ1) is 14.4. The van der Waals surface area contributed by atoms with Crippen LogP contribution in [0.5, 0.6) is 0 Å². The molecule has 22 heavy (non-hydrogen) atoms. The smallest absolute Gasteiger partial charge is 0.341 e. The average molecular weight is 302 g/mol. The minimum absolute atomic E-state index is 0.0750. The summed E-state index contributed by atoms with van der Waals surface area (Å²) in [6.45, 7) is 1.95. The highest BCUT2D eigenvalue weighted by molar-refractivity contribution is 5.95. The number of aromatic nitrogens is 1. The van der Waals surface area contributed by atoms with E-state index in [1.54, 1.807) is 6.92 Å². The molecule has 1 aliphatic carbocycles. The molecule has 0 unspecified atom stereocenters. The molecule has 1 saturated carbocycles. The summed E-state index contributed by atoms with van der Waals surface area (Å²) in [6, 6.07) is 3.15. The van der Waals surface area contributed by atoms with Gasteiger partial charge in [0.05, 0.1) is 6.61 Å². The molecular formula is C15H18N4O3. The van der Waals surface area contributed by atoms with Crippen molar-refractivity contribution in [2.45, 2.75) is 44.7 Å². The third-order valence-electron chi connectivity index (χ3n) is 4.21. The third-order valence-corrected chi connectivity index (χ3v) is 4.21. The molecule has 0 atom stereocenters. The Morgan fingerprint density at radius 3 is 2.82 bits per heavy atom. The van der Waals surface area contributed by atoms with E-state index in [-0.39, 0.29) is 17.7 Å². The van der Waals surface area contributed by atoms with Crippen molar-refractivity contribution in [2.75, 3.05) is 17.3 Å². The van der Waals surface area contributed by atoms with Crippen LogP contribution in [-0.4, -0.2) is 22.9 Å². The molecule has 0 aromatic carbocycles. The molecule has 2 N–H and O–H groups in total. The number of esters is 1. The molecule has 2 heterocycles. The molecule has 7 nitrogen and oxygen atoms in total. The van der Waals surface area contributed by atoms with Crippen LogP contribution >= 0.6 is 0 Å². The van der Waals surface area contributed by atoms with Crippen molar-refractivity contribution in [2.24, 2.45) is 0 Å². The first-order valence-corrected chi connectivity index (χ1v) is 7.54. The molecule has 1 aliphatic heterocycles. The number of hydrogen-bond acceptors (Lipinski definition) is 6. The fourth-order valence-corrected chi connectivity index (χ4v) is 3.15. The Balaban J connectivity index is 2.09. The standard InChI is InChI=1S/C15H18N4O3/c1-2-22-14(21)11-8-10(9-16)13(20)19-12(11)17-15(18-19)6-4-3-5-7-15/h8,17-18H,2-7H2,1H3. The van der Waals surface area contributed by atoms with Crippen LogP contribution in [-0.2, 0) is 4.74 Å². The molecular weight excluding hydrogens is 284 g/mol. The average Bonchev–Trinajstić information content (AvgIpc) is 2.88. The number of carbonyl (C=O) groups excluding carboxylic acids is 1. The third kappa shape index (κ3) is 2.21. The van der Waals surface area contributed by atoms with Crippen LogP contribution < -0.4 is 16.3 Å². The number of anilines is 1. The van der Waals surface area contributed by atoms with Crippen molar-refractivity contribution >= 4 is 11.8 Å². The van der Waals surface area contributed by atoms with Gasteiger partial charge >= 0.3 is 5.97 Å². The van der Waals surface area contributed by atoms with Crippen molar-refractivity contribution in [3.63, 3.8) is 0 Å². The van der Waals surface area contributed by atoms with Crippen LogP contribution in [0.25, 0.3) is 0 Å². The summed E-state index contributed by atoms with van der Waals surface area (Å²) in [5, 5.41) is 12.4. The number of nitrogens with zero attached hydrogens (tertiary/aromatic N) is 2. The maximum Gasteiger partial charge on any atom is 0.341 e. The molecule has 116 valence electrons. The van der Waals surface area contributed by atoms with E-state index in [1.807, 2.05) is 6.07 Å². The number of hydrogen-bond donors (Lipinski definition) is 2. The lowest BCUT2D eigenvalue weighted by atomic mass is 9.90. The molecule has 2 aliphatic rings. The van der Waals surface area contributed by atoms with Crippen LogP contribution in [0.1, 0.15) is 54.9 Å². The monoisotopic (exact) mass is 302 g/mol. The van der Waals surface area contributed by atoms with Gasteiger partial charge in [0.15, 0.2) is 0 Å². The predicted octanol–water partition coefficient (Wildman–Crippen LogP) is 1.53. The normalized spacial score (nSPS) is 18.0. The zero-order valence-corrected chi connectivity index (χ0v) is 12.4. The maximum atomic E-state index is 12.3. The van der Waals surface area contributed by atoms with Crippen LogP contribution in [0.15, 0.2) is 10.9 Å². The molecule has 1 aromatic rings. The SMILES string of the molecule is CCOC(=O)c1cc(C#N)c(=O)n2c1NC1(CCCCC1)N2. The number of nitriles is 1. The van der Waals surface area contributed by atoms with Crippen molar-refractivity contribution in [3.05, 3.63) is 27.5 Å². The molecule has 0 bridgehead atoms. The van der Waals surface area contributed by atoms with Gasteiger partial charge in [-0.2, -0.15) is 5.26 Å². The van der Waals surface area contributed by atoms with Gasteiger partial charge in [0, 0.05) is 0 Å². The summed E-state index contributed by atoms with van der Waals surface area (Å²) in [4.78, 5) is 24.5. The Morgan fingerprint density at radius 2 is 2.18 bits per heavy atom. The van der Waals surface area contributed by atoms with Crippen molar-refractivity contribution in [3.8, 4) is 6.07 Å². The molecule has 0 saturated heterocycles. The van der Waals surface area contributed by atoms with Crippen LogP contribution in [0.2, 0.25) is 0 Å². The first-order chi connectivity index (χ1) is 10.6. The largest absolute Gasteiger partial charge is 0.462 e. The van der Waals surface area contributed by atoms with Crippen LogP contribution in [0.4, 0.5) is 5.82 Å². The number of ether oxygens (including phenoxy) is 1. The van der Waals surface area contributed by atoms with Crippen LogP contribution in [0, 0.1) is 11.3 Å². The van der Waals surface area contributed by atoms with Gasteiger partial charge < -0.3 is 10.1 Å². The Bertz CT molecular complexity index is 711. The number of pyridine rings is 1. The molecule has 1 fully saturated rings. The summed E-state index contributed by atoms with van der Waals surface area (Å²) in [5.74, 6) is -0.144. The molecule has 0 radical (unpaired) electrons. The van der Waals surface area contributed by atoms with E-state index in [0.717, 1.165) is 32.1 Å². The Kier molecular flexibility index (Phi) is 3.53. The minimum Gasteiger partial charge on any atom is -0.462 e. The zero-order chi connectivity index (χ0) is 15.7. The van der Waals surface area contributed by atoms with Gasteiger partial charge in [-0.1, -0.05) is 6.42 Å². The molecule has 1 spiro atoms. The zero-order valence-electron chi connectivity index (χ0n) is 12.4. The summed E-state index contributed by atoms with van der Waals surface area (Å²) in [7, 11) is 0. The second kappa shape index (κ2) is 5.37. The molecule has 7 heteroatoms. The van der Waals surface area contributed by atoms with Crippen molar-refractivity contribution in [1.29, 1.82) is 5.26 Å². The predicted molar refractivity (Wildman–Crippen MR) is 80.2 cm³/mol. The van der Waals surface area contributed by atoms with Gasteiger partial charge in [-0.05, 0) is 38.7 Å². The Hall–Kier alpha value is -2.49. The lowest BCUT2D eigenvalue weighted by Crippen LogP contribution is -2.46. The van der Waals surface area contributed by atoms with E-state index in [9.17, 15) is 9.59 Å². The second-order valence-corrected chi connectivity index (χ2v) is 5.67. The summed E-state index contributed by atoms with van der Waals surface area (Å²) < 4.78 is 6.32. The minimum atomic E-state index is -0.537. The van der Waals surface area contributed by atoms with E-state index in [2.05, 4.69) is 10.7 Å². The maximum absolute atomic E-state index is 12.3. The van der Waals surface area contributed by atoms with Gasteiger partial charge in [-0.25, -0.2) is 9.47 Å². The Morgan fingerprint density at radius 1 is 1.45 bits per heavy atom. The summed E-state index contributed by atoms with van der Waals surface area (Å²) in [5.41, 5.74) is 2.44. The van der Waals surface area contributed by atoms with E-state index in [4.69, 9.17) is 10.00 Å². The lowest BCUT2D eigenvalue weighted by Gasteiger charge is -2.33. The van der Waals surface area contributed by atoms with E-state index in [1.165, 1.54) is 10.7 Å². The second-order valence-electron chi connectivity index (χ2n) is 5.67. The van der Waals surface area contributed by atoms with Gasteiger partial charge in [-0.3, -0.25) is 10.2 Å². The molecule has 3 rings (SSSR count). The number of rotatable bonds is 2. The summed E-state index contributed by atoms with van der Waals surface area (Å²) >= 11 is 0. The number of fused-ring (bicyclic) bond motifs is 1. The summed E-state index contributed by atoms with van der Waals surface area (Å²) in [6.07, 6.45) is 4.96. The fourth-order valence-electron chi connectivity index (χ4n) is 3.15. The van der Waals surface area contributed by atoms with Crippen LogP contribution in [0.3, 0.4) is 0 Å². The van der Waals surface area contributed by atoms with E-state index < -0.39 is 17.2 Å². The van der Waals surface area contributed by atoms with E-state index in [0.29, 0.717) is 5.82 Å². The van der Waals surface area contributed by atoms with Crippen molar-refractivity contribution in [1.82, 2.24) is 4.68 Å². The fraction of sp³-hybridized carbons (Fsp3) is 0.533. The van der Waals surface area contributed by atoms with Gasteiger partial charge in [0.1, 0.15) is 28.7 Å². The number of nitrogens with one attached hydrogen (secondary N) is 2. The molecule has 1 aromatic heterocycles.